The summed E-state index contributed by atoms with van der Waals surface area (Å²) < 4.78 is 4.87. The molecule has 0 saturated heterocycles. The zero-order valence-corrected chi connectivity index (χ0v) is 8.94. The SMILES string of the molecule is O=C(O)c1noc(-c2ccc3nccnc3c2)n1. The first-order valence-electron chi connectivity index (χ1n) is 5.02. The van der Waals surface area contributed by atoms with E-state index in [1.54, 1.807) is 30.6 Å². The lowest BCUT2D eigenvalue weighted by molar-refractivity contribution is 0.0680. The van der Waals surface area contributed by atoms with Crippen molar-refractivity contribution in [2.45, 2.75) is 0 Å². The molecular formula is C11H6N4O3. The molecular weight excluding hydrogens is 236 g/mol. The van der Waals surface area contributed by atoms with Gasteiger partial charge in [0.05, 0.1) is 11.0 Å². The van der Waals surface area contributed by atoms with E-state index in [0.717, 1.165) is 5.52 Å². The molecule has 0 aliphatic heterocycles. The summed E-state index contributed by atoms with van der Waals surface area (Å²) in [5, 5.41) is 12.1. The van der Waals surface area contributed by atoms with Gasteiger partial charge in [-0.2, -0.15) is 4.98 Å². The van der Waals surface area contributed by atoms with E-state index < -0.39 is 5.97 Å². The van der Waals surface area contributed by atoms with Gasteiger partial charge in [-0.15, -0.1) is 0 Å². The van der Waals surface area contributed by atoms with Gasteiger partial charge < -0.3 is 9.63 Å². The zero-order valence-electron chi connectivity index (χ0n) is 8.94. The Kier molecular flexibility index (Phi) is 2.23. The molecule has 0 saturated carbocycles. The van der Waals surface area contributed by atoms with Crippen molar-refractivity contribution in [2.75, 3.05) is 0 Å². The molecule has 7 nitrogen and oxygen atoms in total. The first-order chi connectivity index (χ1) is 8.74. The van der Waals surface area contributed by atoms with Crippen molar-refractivity contribution in [3.63, 3.8) is 0 Å². The highest BCUT2D eigenvalue weighted by molar-refractivity contribution is 5.84. The molecule has 0 bridgehead atoms. The van der Waals surface area contributed by atoms with Crippen LogP contribution in [0.3, 0.4) is 0 Å². The molecule has 18 heavy (non-hydrogen) atoms. The number of aromatic carboxylic acids is 1. The van der Waals surface area contributed by atoms with Crippen LogP contribution in [0.25, 0.3) is 22.5 Å². The zero-order chi connectivity index (χ0) is 12.5. The van der Waals surface area contributed by atoms with Gasteiger partial charge in [-0.1, -0.05) is 0 Å². The van der Waals surface area contributed by atoms with Gasteiger partial charge in [0.1, 0.15) is 0 Å². The third-order valence-electron chi connectivity index (χ3n) is 2.33. The fourth-order valence-electron chi connectivity index (χ4n) is 1.52. The minimum atomic E-state index is -1.23. The van der Waals surface area contributed by atoms with Crippen LogP contribution in [-0.4, -0.2) is 31.2 Å². The van der Waals surface area contributed by atoms with E-state index in [1.807, 2.05) is 0 Å². The normalized spacial score (nSPS) is 10.7. The monoisotopic (exact) mass is 242 g/mol. The van der Waals surface area contributed by atoms with Gasteiger partial charge in [0.15, 0.2) is 0 Å². The molecule has 1 N–H and O–H groups in total. The Morgan fingerprint density at radius 1 is 1.17 bits per heavy atom. The summed E-state index contributed by atoms with van der Waals surface area (Å²) in [6.45, 7) is 0. The highest BCUT2D eigenvalue weighted by Gasteiger charge is 2.14. The minimum absolute atomic E-state index is 0.139. The van der Waals surface area contributed by atoms with Gasteiger partial charge in [-0.25, -0.2) is 4.79 Å². The second-order valence-corrected chi connectivity index (χ2v) is 3.49. The third-order valence-corrected chi connectivity index (χ3v) is 2.33. The van der Waals surface area contributed by atoms with Gasteiger partial charge in [0.2, 0.25) is 0 Å². The van der Waals surface area contributed by atoms with Gasteiger partial charge in [-0.05, 0) is 23.4 Å². The van der Waals surface area contributed by atoms with Gasteiger partial charge >= 0.3 is 5.97 Å². The highest BCUT2D eigenvalue weighted by atomic mass is 16.5. The lowest BCUT2D eigenvalue weighted by Crippen LogP contribution is -1.98. The van der Waals surface area contributed by atoms with Crippen LogP contribution in [0.4, 0.5) is 0 Å². The quantitative estimate of drug-likeness (QED) is 0.723. The molecule has 1 aromatic carbocycles. The molecule has 0 atom stereocenters. The molecule has 0 spiro atoms. The van der Waals surface area contributed by atoms with Crippen LogP contribution in [0.15, 0.2) is 35.1 Å². The van der Waals surface area contributed by atoms with Crippen LogP contribution in [0.2, 0.25) is 0 Å². The van der Waals surface area contributed by atoms with Crippen molar-refractivity contribution in [3.8, 4) is 11.5 Å². The summed E-state index contributed by atoms with van der Waals surface area (Å²) in [4.78, 5) is 22.7. The van der Waals surface area contributed by atoms with Crippen molar-refractivity contribution >= 4 is 17.0 Å². The van der Waals surface area contributed by atoms with Crippen LogP contribution in [-0.2, 0) is 0 Å². The topological polar surface area (TPSA) is 102 Å². The lowest BCUT2D eigenvalue weighted by Gasteiger charge is -1.97. The van der Waals surface area contributed by atoms with Crippen LogP contribution >= 0.6 is 0 Å². The number of fused-ring (bicyclic) bond motifs is 1. The molecule has 7 heteroatoms. The molecule has 0 aliphatic rings. The smallest absolute Gasteiger partial charge is 0.377 e. The van der Waals surface area contributed by atoms with E-state index in [-0.39, 0.29) is 11.7 Å². The number of carbonyl (C=O) groups is 1. The first-order valence-corrected chi connectivity index (χ1v) is 5.02. The largest absolute Gasteiger partial charge is 0.475 e. The van der Waals surface area contributed by atoms with Crippen molar-refractivity contribution in [3.05, 3.63) is 36.4 Å². The summed E-state index contributed by atoms with van der Waals surface area (Å²) in [5.41, 5.74) is 2.01. The second kappa shape index (κ2) is 3.88. The number of carboxylic acids is 1. The molecule has 2 aromatic heterocycles. The van der Waals surface area contributed by atoms with E-state index in [1.165, 1.54) is 0 Å². The summed E-state index contributed by atoms with van der Waals surface area (Å²) in [7, 11) is 0. The van der Waals surface area contributed by atoms with Crippen LogP contribution < -0.4 is 0 Å². The summed E-state index contributed by atoms with van der Waals surface area (Å²) in [6.07, 6.45) is 3.17. The second-order valence-electron chi connectivity index (χ2n) is 3.49. The van der Waals surface area contributed by atoms with Gasteiger partial charge in [-0.3, -0.25) is 9.97 Å². The van der Waals surface area contributed by atoms with Gasteiger partial charge in [0.25, 0.3) is 11.7 Å². The number of nitrogens with zero attached hydrogens (tertiary/aromatic N) is 4. The number of carboxylic acid groups (broad SMARTS) is 1. The van der Waals surface area contributed by atoms with Crippen LogP contribution in [0, 0.1) is 0 Å². The van der Waals surface area contributed by atoms with E-state index >= 15 is 0 Å². The fourth-order valence-corrected chi connectivity index (χ4v) is 1.52. The highest BCUT2D eigenvalue weighted by Crippen LogP contribution is 2.20. The maximum Gasteiger partial charge on any atom is 0.377 e. The van der Waals surface area contributed by atoms with E-state index in [0.29, 0.717) is 11.1 Å². The maximum absolute atomic E-state index is 10.7. The van der Waals surface area contributed by atoms with Crippen molar-refractivity contribution in [1.29, 1.82) is 0 Å². The fraction of sp³-hybridized carbons (Fsp3) is 0. The Hall–Kier alpha value is -2.83. The molecule has 3 rings (SSSR count). The average molecular weight is 242 g/mol. The number of aromatic nitrogens is 4. The Morgan fingerprint density at radius 2 is 1.94 bits per heavy atom. The van der Waals surface area contributed by atoms with E-state index in [2.05, 4.69) is 20.1 Å². The standard InChI is InChI=1S/C11H6N4O3/c16-11(17)9-14-10(18-15-9)6-1-2-7-8(5-6)13-4-3-12-7/h1-5H,(H,16,17). The number of rotatable bonds is 2. The molecule has 0 fully saturated rings. The Balaban J connectivity index is 2.10. The van der Waals surface area contributed by atoms with Crippen LogP contribution in [0.1, 0.15) is 10.6 Å². The summed E-state index contributed by atoms with van der Waals surface area (Å²) in [6, 6.07) is 5.18. The number of benzene rings is 1. The Morgan fingerprint density at radius 3 is 2.67 bits per heavy atom. The summed E-state index contributed by atoms with van der Waals surface area (Å²) >= 11 is 0. The van der Waals surface area contributed by atoms with E-state index in [9.17, 15) is 4.79 Å². The minimum Gasteiger partial charge on any atom is -0.475 e. The van der Waals surface area contributed by atoms with E-state index in [4.69, 9.17) is 9.63 Å². The predicted molar refractivity (Wildman–Crippen MR) is 59.8 cm³/mol. The summed E-state index contributed by atoms with van der Waals surface area (Å²) in [5.74, 6) is -1.46. The lowest BCUT2D eigenvalue weighted by atomic mass is 10.2. The van der Waals surface area contributed by atoms with Gasteiger partial charge in [0, 0.05) is 18.0 Å². The third kappa shape index (κ3) is 1.67. The molecule has 88 valence electrons. The maximum atomic E-state index is 10.7. The van der Waals surface area contributed by atoms with Crippen molar-refractivity contribution < 1.29 is 14.4 Å². The molecule has 0 radical (unpaired) electrons. The van der Waals surface area contributed by atoms with Crippen LogP contribution in [0.5, 0.6) is 0 Å². The van der Waals surface area contributed by atoms with Crippen molar-refractivity contribution in [2.24, 2.45) is 0 Å². The number of hydrogen-bond donors (Lipinski definition) is 1. The Bertz CT molecular complexity index is 738. The molecule has 0 aliphatic carbocycles. The van der Waals surface area contributed by atoms with Crippen molar-refractivity contribution in [1.82, 2.24) is 20.1 Å². The first kappa shape index (κ1) is 10.3. The molecule has 2 heterocycles. The Labute approximate surface area is 100 Å². The predicted octanol–water partition coefficient (Wildman–Crippen LogP) is 1.38. The molecule has 0 amide bonds. The number of hydrogen-bond acceptors (Lipinski definition) is 6. The molecule has 0 unspecified atom stereocenters. The average Bonchev–Trinajstić information content (AvgIpc) is 2.88. The molecule has 3 aromatic rings.